The molecular weight excluding hydrogens is 184 g/mol. The van der Waals surface area contributed by atoms with E-state index in [1.54, 1.807) is 18.2 Å². The lowest BCUT2D eigenvalue weighted by Gasteiger charge is -1.97. The average Bonchev–Trinajstić information content (AvgIpc) is 2.59. The van der Waals surface area contributed by atoms with Crippen molar-refractivity contribution in [2.75, 3.05) is 12.8 Å². The molecule has 0 saturated heterocycles. The summed E-state index contributed by atoms with van der Waals surface area (Å²) < 4.78 is 9.51. The van der Waals surface area contributed by atoms with Crippen LogP contribution in [0, 0.1) is 0 Å². The molecule has 0 bridgehead atoms. The van der Waals surface area contributed by atoms with E-state index in [0.717, 1.165) is 0 Å². The van der Waals surface area contributed by atoms with E-state index in [0.29, 0.717) is 16.5 Å². The van der Waals surface area contributed by atoms with Gasteiger partial charge in [0, 0.05) is 0 Å². The maximum Gasteiger partial charge on any atom is 0.341 e. The number of rotatable bonds is 1. The molecular formula is C9H8N2O3. The van der Waals surface area contributed by atoms with Gasteiger partial charge in [-0.3, -0.25) is 0 Å². The molecule has 0 unspecified atom stereocenters. The van der Waals surface area contributed by atoms with Crippen LogP contribution >= 0.6 is 0 Å². The van der Waals surface area contributed by atoms with Crippen LogP contribution in [0.15, 0.2) is 22.7 Å². The lowest BCUT2D eigenvalue weighted by Crippen LogP contribution is -2.01. The molecule has 2 aromatic rings. The van der Waals surface area contributed by atoms with Gasteiger partial charge in [-0.05, 0) is 12.1 Å². The first-order chi connectivity index (χ1) is 6.74. The van der Waals surface area contributed by atoms with Crippen LogP contribution in [0.3, 0.4) is 0 Å². The van der Waals surface area contributed by atoms with E-state index in [1.165, 1.54) is 7.11 Å². The molecule has 0 spiro atoms. The number of hydrogen-bond donors (Lipinski definition) is 1. The van der Waals surface area contributed by atoms with Crippen LogP contribution in [0.5, 0.6) is 0 Å². The first-order valence-corrected chi connectivity index (χ1v) is 3.96. The van der Waals surface area contributed by atoms with Gasteiger partial charge in [0.2, 0.25) is 0 Å². The number of nitrogens with zero attached hydrogens (tertiary/aromatic N) is 1. The predicted octanol–water partition coefficient (Wildman–Crippen LogP) is 1.20. The molecule has 14 heavy (non-hydrogen) atoms. The Balaban J connectivity index is 2.71. The number of aromatic nitrogens is 1. The first-order valence-electron chi connectivity index (χ1n) is 3.96. The minimum Gasteiger partial charge on any atom is -0.465 e. The largest absolute Gasteiger partial charge is 0.465 e. The Morgan fingerprint density at radius 3 is 3.07 bits per heavy atom. The molecule has 0 aliphatic heterocycles. The Hall–Kier alpha value is -2.04. The number of nitrogens with two attached hydrogens (primary N) is 1. The first kappa shape index (κ1) is 8.55. The number of esters is 1. The molecule has 1 aromatic heterocycles. The minimum atomic E-state index is -0.466. The van der Waals surface area contributed by atoms with E-state index in [9.17, 15) is 4.79 Å². The molecule has 0 saturated carbocycles. The molecule has 0 atom stereocenters. The van der Waals surface area contributed by atoms with Crippen molar-refractivity contribution in [3.05, 3.63) is 23.8 Å². The lowest BCUT2D eigenvalue weighted by atomic mass is 10.1. The number of ether oxygens (including phenoxy) is 1. The Kier molecular flexibility index (Phi) is 1.85. The Morgan fingerprint density at radius 2 is 2.36 bits per heavy atom. The summed E-state index contributed by atoms with van der Waals surface area (Å²) >= 11 is 0. The van der Waals surface area contributed by atoms with E-state index < -0.39 is 5.97 Å². The SMILES string of the molecule is COC(=O)c1cccc2c(N)noc12. The number of nitrogen functional groups attached to an aromatic ring is 1. The van der Waals surface area contributed by atoms with Crippen molar-refractivity contribution in [3.63, 3.8) is 0 Å². The zero-order chi connectivity index (χ0) is 10.1. The van der Waals surface area contributed by atoms with Gasteiger partial charge in [0.1, 0.15) is 5.56 Å². The molecule has 0 radical (unpaired) electrons. The molecule has 5 nitrogen and oxygen atoms in total. The second kappa shape index (κ2) is 3.02. The summed E-state index contributed by atoms with van der Waals surface area (Å²) in [5.74, 6) is -0.197. The standard InChI is InChI=1S/C9H8N2O3/c1-13-9(12)6-4-2-3-5-7(6)14-11-8(5)10/h2-4H,1H3,(H2,10,11). The Morgan fingerprint density at radius 1 is 1.57 bits per heavy atom. The van der Waals surface area contributed by atoms with E-state index >= 15 is 0 Å². The Bertz CT molecular complexity index is 490. The van der Waals surface area contributed by atoms with Crippen molar-refractivity contribution in [3.8, 4) is 0 Å². The van der Waals surface area contributed by atoms with Gasteiger partial charge in [0.15, 0.2) is 11.4 Å². The van der Waals surface area contributed by atoms with Crippen LogP contribution in [0.1, 0.15) is 10.4 Å². The third-order valence-electron chi connectivity index (χ3n) is 1.93. The van der Waals surface area contributed by atoms with Crippen molar-refractivity contribution >= 4 is 22.8 Å². The lowest BCUT2D eigenvalue weighted by molar-refractivity contribution is 0.0601. The van der Waals surface area contributed by atoms with Gasteiger partial charge in [0.05, 0.1) is 12.5 Å². The number of benzene rings is 1. The molecule has 1 aromatic carbocycles. The van der Waals surface area contributed by atoms with Crippen LogP contribution in [-0.2, 0) is 4.74 Å². The summed E-state index contributed by atoms with van der Waals surface area (Å²) in [5, 5.41) is 4.19. The van der Waals surface area contributed by atoms with E-state index in [-0.39, 0.29) is 5.82 Å². The van der Waals surface area contributed by atoms with Gasteiger partial charge in [-0.2, -0.15) is 0 Å². The fraction of sp³-hybridized carbons (Fsp3) is 0.111. The van der Waals surface area contributed by atoms with Crippen LogP contribution in [-0.4, -0.2) is 18.2 Å². The number of hydrogen-bond acceptors (Lipinski definition) is 5. The van der Waals surface area contributed by atoms with Gasteiger partial charge in [-0.1, -0.05) is 11.2 Å². The topological polar surface area (TPSA) is 78.4 Å². The zero-order valence-electron chi connectivity index (χ0n) is 7.48. The molecule has 0 amide bonds. The number of para-hydroxylation sites is 1. The fourth-order valence-corrected chi connectivity index (χ4v) is 1.25. The number of methoxy groups -OCH3 is 1. The highest BCUT2D eigenvalue weighted by atomic mass is 16.5. The molecule has 0 aliphatic rings. The molecule has 1 heterocycles. The smallest absolute Gasteiger partial charge is 0.341 e. The summed E-state index contributed by atoms with van der Waals surface area (Å²) in [6.07, 6.45) is 0. The van der Waals surface area contributed by atoms with E-state index in [4.69, 9.17) is 10.3 Å². The monoisotopic (exact) mass is 192 g/mol. The predicted molar refractivity (Wildman–Crippen MR) is 49.8 cm³/mol. The van der Waals surface area contributed by atoms with E-state index in [1.807, 2.05) is 0 Å². The summed E-state index contributed by atoms with van der Waals surface area (Å²) in [4.78, 5) is 11.3. The fourth-order valence-electron chi connectivity index (χ4n) is 1.25. The second-order valence-electron chi connectivity index (χ2n) is 2.74. The molecule has 5 heteroatoms. The number of carbonyl (C=O) groups is 1. The van der Waals surface area contributed by atoms with Crippen molar-refractivity contribution in [2.45, 2.75) is 0 Å². The van der Waals surface area contributed by atoms with Crippen LogP contribution in [0.2, 0.25) is 0 Å². The van der Waals surface area contributed by atoms with Gasteiger partial charge < -0.3 is 15.0 Å². The molecule has 2 rings (SSSR count). The maximum atomic E-state index is 11.3. The van der Waals surface area contributed by atoms with Crippen molar-refractivity contribution < 1.29 is 14.1 Å². The summed E-state index contributed by atoms with van der Waals surface area (Å²) in [6.45, 7) is 0. The zero-order valence-corrected chi connectivity index (χ0v) is 7.48. The van der Waals surface area contributed by atoms with Gasteiger partial charge in [-0.15, -0.1) is 0 Å². The van der Waals surface area contributed by atoms with Gasteiger partial charge in [0.25, 0.3) is 0 Å². The third-order valence-corrected chi connectivity index (χ3v) is 1.93. The quantitative estimate of drug-likeness (QED) is 0.686. The maximum absolute atomic E-state index is 11.3. The van der Waals surface area contributed by atoms with Crippen LogP contribution in [0.4, 0.5) is 5.82 Å². The van der Waals surface area contributed by atoms with Crippen LogP contribution < -0.4 is 5.73 Å². The highest BCUT2D eigenvalue weighted by molar-refractivity contribution is 6.04. The summed E-state index contributed by atoms with van der Waals surface area (Å²) in [7, 11) is 1.31. The van der Waals surface area contributed by atoms with E-state index in [2.05, 4.69) is 9.89 Å². The summed E-state index contributed by atoms with van der Waals surface area (Å²) in [6, 6.07) is 5.02. The highest BCUT2D eigenvalue weighted by Gasteiger charge is 2.15. The van der Waals surface area contributed by atoms with Crippen molar-refractivity contribution in [2.24, 2.45) is 0 Å². The third kappa shape index (κ3) is 1.10. The van der Waals surface area contributed by atoms with Crippen molar-refractivity contribution in [1.29, 1.82) is 0 Å². The number of carbonyl (C=O) groups excluding carboxylic acids is 1. The number of fused-ring (bicyclic) bond motifs is 1. The van der Waals surface area contributed by atoms with Crippen LogP contribution in [0.25, 0.3) is 11.0 Å². The molecule has 72 valence electrons. The van der Waals surface area contributed by atoms with Gasteiger partial charge in [-0.25, -0.2) is 4.79 Å². The highest BCUT2D eigenvalue weighted by Crippen LogP contribution is 2.23. The second-order valence-corrected chi connectivity index (χ2v) is 2.74. The van der Waals surface area contributed by atoms with Gasteiger partial charge >= 0.3 is 5.97 Å². The minimum absolute atomic E-state index is 0.269. The summed E-state index contributed by atoms with van der Waals surface area (Å²) in [5.41, 5.74) is 6.22. The molecule has 0 fully saturated rings. The molecule has 0 aliphatic carbocycles. The normalized spacial score (nSPS) is 10.4. The van der Waals surface area contributed by atoms with Crippen molar-refractivity contribution in [1.82, 2.24) is 5.16 Å². The molecule has 2 N–H and O–H groups in total. The number of anilines is 1. The Labute approximate surface area is 79.4 Å². The average molecular weight is 192 g/mol.